The average Bonchev–Trinajstić information content (AvgIpc) is 2.41. The van der Waals surface area contributed by atoms with Crippen molar-refractivity contribution in [2.45, 2.75) is 33.3 Å². The van der Waals surface area contributed by atoms with Crippen LogP contribution in [0, 0.1) is 18.3 Å². The van der Waals surface area contributed by atoms with Gasteiger partial charge in [0, 0.05) is 7.05 Å². The van der Waals surface area contributed by atoms with Crippen LogP contribution in [0.3, 0.4) is 0 Å². The third-order valence-corrected chi connectivity index (χ3v) is 2.17. The maximum Gasteiger partial charge on any atom is 0.230 e. The van der Waals surface area contributed by atoms with Gasteiger partial charge in [0.2, 0.25) is 5.88 Å². The molecule has 4 nitrogen and oxygen atoms in total. The second kappa shape index (κ2) is 4.14. The summed E-state index contributed by atoms with van der Waals surface area (Å²) in [6.45, 7) is 5.82. The van der Waals surface area contributed by atoms with Crippen LogP contribution < -0.4 is 4.74 Å². The van der Waals surface area contributed by atoms with Crippen molar-refractivity contribution in [1.82, 2.24) is 9.78 Å². The van der Waals surface area contributed by atoms with Crippen LogP contribution in [-0.4, -0.2) is 15.9 Å². The Morgan fingerprint density at radius 2 is 2.29 bits per heavy atom. The largest absolute Gasteiger partial charge is 0.474 e. The Kier molecular flexibility index (Phi) is 3.13. The second-order valence-electron chi connectivity index (χ2n) is 3.34. The van der Waals surface area contributed by atoms with Gasteiger partial charge in [-0.25, -0.2) is 4.68 Å². The molecule has 0 aliphatic rings. The molecule has 0 spiro atoms. The monoisotopic (exact) mass is 193 g/mol. The smallest absolute Gasteiger partial charge is 0.230 e. The highest BCUT2D eigenvalue weighted by atomic mass is 16.5. The highest BCUT2D eigenvalue weighted by Crippen LogP contribution is 2.21. The Morgan fingerprint density at radius 3 is 2.79 bits per heavy atom. The van der Waals surface area contributed by atoms with Crippen LogP contribution in [0.5, 0.6) is 5.88 Å². The lowest BCUT2D eigenvalue weighted by Crippen LogP contribution is -2.13. The minimum Gasteiger partial charge on any atom is -0.474 e. The van der Waals surface area contributed by atoms with E-state index in [2.05, 4.69) is 11.2 Å². The first-order valence-corrected chi connectivity index (χ1v) is 4.70. The molecule has 1 rings (SSSR count). The topological polar surface area (TPSA) is 50.8 Å². The van der Waals surface area contributed by atoms with E-state index in [1.54, 1.807) is 11.7 Å². The van der Waals surface area contributed by atoms with E-state index in [0.717, 1.165) is 6.42 Å². The molecule has 1 aromatic heterocycles. The number of nitrogens with zero attached hydrogens (tertiary/aromatic N) is 3. The molecular formula is C10H15N3O. The predicted molar refractivity (Wildman–Crippen MR) is 53.0 cm³/mol. The maximum atomic E-state index is 8.91. The zero-order valence-electron chi connectivity index (χ0n) is 9.03. The summed E-state index contributed by atoms with van der Waals surface area (Å²) >= 11 is 0. The van der Waals surface area contributed by atoms with Crippen LogP contribution in [0.4, 0.5) is 0 Å². The van der Waals surface area contributed by atoms with Gasteiger partial charge in [0.15, 0.2) is 0 Å². The lowest BCUT2D eigenvalue weighted by molar-refractivity contribution is 0.198. The molecule has 14 heavy (non-hydrogen) atoms. The van der Waals surface area contributed by atoms with Gasteiger partial charge in [-0.15, -0.1) is 0 Å². The molecule has 0 saturated carbocycles. The van der Waals surface area contributed by atoms with Gasteiger partial charge < -0.3 is 4.74 Å². The number of aryl methyl sites for hydroxylation is 2. The van der Waals surface area contributed by atoms with Gasteiger partial charge in [0.25, 0.3) is 0 Å². The van der Waals surface area contributed by atoms with Crippen LogP contribution >= 0.6 is 0 Å². The van der Waals surface area contributed by atoms with Crippen molar-refractivity contribution in [2.75, 3.05) is 0 Å². The summed E-state index contributed by atoms with van der Waals surface area (Å²) in [6.07, 6.45) is 1.02. The second-order valence-corrected chi connectivity index (χ2v) is 3.34. The molecule has 1 unspecified atom stereocenters. The summed E-state index contributed by atoms with van der Waals surface area (Å²) in [4.78, 5) is 0. The summed E-state index contributed by atoms with van der Waals surface area (Å²) in [7, 11) is 1.78. The highest BCUT2D eigenvalue weighted by Gasteiger charge is 2.15. The summed E-state index contributed by atoms with van der Waals surface area (Å²) in [6, 6.07) is 2.11. The van der Waals surface area contributed by atoms with E-state index >= 15 is 0 Å². The van der Waals surface area contributed by atoms with Crippen LogP contribution in [0.25, 0.3) is 0 Å². The van der Waals surface area contributed by atoms with Crippen molar-refractivity contribution in [3.63, 3.8) is 0 Å². The zero-order chi connectivity index (χ0) is 10.7. The van der Waals surface area contributed by atoms with Gasteiger partial charge in [-0.2, -0.15) is 10.4 Å². The molecular weight excluding hydrogens is 178 g/mol. The van der Waals surface area contributed by atoms with E-state index in [1.807, 2.05) is 20.8 Å². The van der Waals surface area contributed by atoms with E-state index in [0.29, 0.717) is 17.1 Å². The quantitative estimate of drug-likeness (QED) is 0.735. The fourth-order valence-electron chi connectivity index (χ4n) is 1.17. The Hall–Kier alpha value is -1.50. The van der Waals surface area contributed by atoms with Crippen molar-refractivity contribution in [1.29, 1.82) is 5.26 Å². The Bertz CT molecular complexity index is 362. The lowest BCUT2D eigenvalue weighted by Gasteiger charge is -2.12. The third kappa shape index (κ3) is 1.87. The SMILES string of the molecule is CCC(C)Oc1c(C#N)c(C)nn1C. The van der Waals surface area contributed by atoms with Crippen molar-refractivity contribution in [3.8, 4) is 11.9 Å². The minimum atomic E-state index is 0.108. The van der Waals surface area contributed by atoms with Gasteiger partial charge in [-0.3, -0.25) is 0 Å². The molecule has 0 N–H and O–H groups in total. The summed E-state index contributed by atoms with van der Waals surface area (Å²) in [5, 5.41) is 13.1. The molecule has 0 radical (unpaired) electrons. The predicted octanol–water partition coefficient (Wildman–Crippen LogP) is 1.78. The number of aromatic nitrogens is 2. The Morgan fingerprint density at radius 1 is 1.64 bits per heavy atom. The van der Waals surface area contributed by atoms with Crippen LogP contribution in [0.15, 0.2) is 0 Å². The van der Waals surface area contributed by atoms with Crippen molar-refractivity contribution in [2.24, 2.45) is 7.05 Å². The molecule has 76 valence electrons. The number of nitriles is 1. The van der Waals surface area contributed by atoms with E-state index < -0.39 is 0 Å². The number of hydrogen-bond donors (Lipinski definition) is 0. The van der Waals surface area contributed by atoms with E-state index in [9.17, 15) is 0 Å². The fourth-order valence-corrected chi connectivity index (χ4v) is 1.17. The Labute approximate surface area is 84.1 Å². The molecule has 0 fully saturated rings. The fraction of sp³-hybridized carbons (Fsp3) is 0.600. The van der Waals surface area contributed by atoms with Crippen molar-refractivity contribution >= 4 is 0 Å². The third-order valence-electron chi connectivity index (χ3n) is 2.17. The molecule has 1 heterocycles. The zero-order valence-corrected chi connectivity index (χ0v) is 9.03. The average molecular weight is 193 g/mol. The number of ether oxygens (including phenoxy) is 1. The standard InChI is InChI=1S/C10H15N3O/c1-5-7(2)14-10-9(6-11)8(3)12-13(10)4/h7H,5H2,1-4H3. The van der Waals surface area contributed by atoms with Gasteiger partial charge >= 0.3 is 0 Å². The van der Waals surface area contributed by atoms with Gasteiger partial charge in [-0.1, -0.05) is 6.92 Å². The Balaban J connectivity index is 3.02. The summed E-state index contributed by atoms with van der Waals surface area (Å²) in [5.41, 5.74) is 1.25. The van der Waals surface area contributed by atoms with Crippen LogP contribution in [0.1, 0.15) is 31.5 Å². The van der Waals surface area contributed by atoms with Crippen molar-refractivity contribution < 1.29 is 4.74 Å². The molecule has 0 aliphatic carbocycles. The van der Waals surface area contributed by atoms with Gasteiger partial charge in [0.05, 0.1) is 11.8 Å². The summed E-state index contributed by atoms with van der Waals surface area (Å²) < 4.78 is 7.23. The van der Waals surface area contributed by atoms with Crippen LogP contribution in [0.2, 0.25) is 0 Å². The van der Waals surface area contributed by atoms with Crippen molar-refractivity contribution in [3.05, 3.63) is 11.3 Å². The molecule has 0 aromatic carbocycles. The normalized spacial score (nSPS) is 12.2. The van der Waals surface area contributed by atoms with E-state index in [4.69, 9.17) is 10.00 Å². The first-order valence-electron chi connectivity index (χ1n) is 4.70. The molecule has 0 bridgehead atoms. The van der Waals surface area contributed by atoms with Gasteiger partial charge in [0.1, 0.15) is 11.6 Å². The lowest BCUT2D eigenvalue weighted by atomic mass is 10.2. The summed E-state index contributed by atoms with van der Waals surface area (Å²) in [5.74, 6) is 0.569. The number of hydrogen-bond acceptors (Lipinski definition) is 3. The maximum absolute atomic E-state index is 8.91. The molecule has 1 aromatic rings. The minimum absolute atomic E-state index is 0.108. The van der Waals surface area contributed by atoms with E-state index in [1.165, 1.54) is 0 Å². The first-order chi connectivity index (χ1) is 6.60. The molecule has 0 saturated heterocycles. The first kappa shape index (κ1) is 10.6. The van der Waals surface area contributed by atoms with Crippen LogP contribution in [-0.2, 0) is 7.05 Å². The molecule has 0 amide bonds. The number of rotatable bonds is 3. The van der Waals surface area contributed by atoms with Gasteiger partial charge in [-0.05, 0) is 20.3 Å². The highest BCUT2D eigenvalue weighted by molar-refractivity contribution is 5.42. The molecule has 4 heteroatoms. The van der Waals surface area contributed by atoms with E-state index in [-0.39, 0.29) is 6.10 Å². The molecule has 1 atom stereocenters. The molecule has 0 aliphatic heterocycles.